The molecule has 0 amide bonds. The van der Waals surface area contributed by atoms with E-state index in [1.807, 2.05) is 0 Å². The van der Waals surface area contributed by atoms with E-state index in [0.717, 1.165) is 0 Å². The SMILES string of the molecule is O=Cc1ccc(N=NCc2ccccc2S(=O)(=O)O)nc1. The first-order chi connectivity index (χ1) is 10.0. The Morgan fingerprint density at radius 3 is 2.57 bits per heavy atom. The van der Waals surface area contributed by atoms with E-state index in [9.17, 15) is 13.2 Å². The maximum absolute atomic E-state index is 11.2. The van der Waals surface area contributed by atoms with E-state index in [2.05, 4.69) is 15.2 Å². The summed E-state index contributed by atoms with van der Waals surface area (Å²) in [6, 6.07) is 9.02. The second-order valence-corrected chi connectivity index (χ2v) is 5.44. The molecular formula is C13H11N3O4S. The van der Waals surface area contributed by atoms with Crippen LogP contribution in [0.4, 0.5) is 5.82 Å². The molecule has 21 heavy (non-hydrogen) atoms. The van der Waals surface area contributed by atoms with Crippen molar-refractivity contribution < 1.29 is 17.8 Å². The number of hydrogen-bond acceptors (Lipinski definition) is 6. The first kappa shape index (κ1) is 14.9. The summed E-state index contributed by atoms with van der Waals surface area (Å²) in [5.41, 5.74) is 0.749. The Labute approximate surface area is 121 Å². The molecule has 0 saturated carbocycles. The third-order valence-corrected chi connectivity index (χ3v) is 3.53. The number of nitrogens with zero attached hydrogens (tertiary/aromatic N) is 3. The number of carbonyl (C=O) groups is 1. The Morgan fingerprint density at radius 2 is 1.95 bits per heavy atom. The highest BCUT2D eigenvalue weighted by atomic mass is 32.2. The van der Waals surface area contributed by atoms with Gasteiger partial charge in [-0.05, 0) is 23.8 Å². The average molecular weight is 305 g/mol. The van der Waals surface area contributed by atoms with E-state index in [-0.39, 0.29) is 11.4 Å². The topological polar surface area (TPSA) is 109 Å². The van der Waals surface area contributed by atoms with Gasteiger partial charge in [-0.25, -0.2) is 4.98 Å². The Balaban J connectivity index is 2.16. The lowest BCUT2D eigenvalue weighted by atomic mass is 10.2. The van der Waals surface area contributed by atoms with Crippen molar-refractivity contribution in [3.8, 4) is 0 Å². The predicted octanol–water partition coefficient (Wildman–Crippen LogP) is 2.42. The molecule has 1 N–H and O–H groups in total. The van der Waals surface area contributed by atoms with Crippen LogP contribution in [0.3, 0.4) is 0 Å². The Morgan fingerprint density at radius 1 is 1.19 bits per heavy atom. The zero-order valence-electron chi connectivity index (χ0n) is 10.7. The molecule has 0 spiro atoms. The van der Waals surface area contributed by atoms with Gasteiger partial charge in [0, 0.05) is 11.8 Å². The summed E-state index contributed by atoms with van der Waals surface area (Å²) >= 11 is 0. The van der Waals surface area contributed by atoms with Crippen LogP contribution in [-0.4, -0.2) is 24.2 Å². The summed E-state index contributed by atoms with van der Waals surface area (Å²) in [7, 11) is -4.29. The molecule has 2 aromatic rings. The quantitative estimate of drug-likeness (QED) is 0.518. The van der Waals surface area contributed by atoms with Crippen molar-refractivity contribution in [3.05, 3.63) is 53.7 Å². The molecule has 8 heteroatoms. The molecular weight excluding hydrogens is 294 g/mol. The Hall–Kier alpha value is -2.45. The molecule has 108 valence electrons. The first-order valence-electron chi connectivity index (χ1n) is 5.85. The van der Waals surface area contributed by atoms with E-state index in [0.29, 0.717) is 23.2 Å². The highest BCUT2D eigenvalue weighted by Crippen LogP contribution is 2.17. The van der Waals surface area contributed by atoms with Crippen LogP contribution in [-0.2, 0) is 16.7 Å². The van der Waals surface area contributed by atoms with Crippen molar-refractivity contribution in [2.45, 2.75) is 11.4 Å². The van der Waals surface area contributed by atoms with Gasteiger partial charge in [-0.3, -0.25) is 9.35 Å². The maximum atomic E-state index is 11.2. The van der Waals surface area contributed by atoms with E-state index < -0.39 is 10.1 Å². The molecule has 0 fully saturated rings. The minimum Gasteiger partial charge on any atom is -0.298 e. The van der Waals surface area contributed by atoms with Crippen LogP contribution in [0.25, 0.3) is 0 Å². The maximum Gasteiger partial charge on any atom is 0.294 e. The molecule has 0 atom stereocenters. The van der Waals surface area contributed by atoms with Gasteiger partial charge in [-0.1, -0.05) is 18.2 Å². The van der Waals surface area contributed by atoms with E-state index in [4.69, 9.17) is 4.55 Å². The minimum absolute atomic E-state index is 0.0208. The lowest BCUT2D eigenvalue weighted by molar-refractivity contribution is 0.112. The van der Waals surface area contributed by atoms with Crippen molar-refractivity contribution >= 4 is 22.2 Å². The Kier molecular flexibility index (Phi) is 4.51. The number of aldehydes is 1. The molecule has 0 aliphatic carbocycles. The Bertz CT molecular complexity index is 770. The molecule has 0 saturated heterocycles. The lowest BCUT2D eigenvalue weighted by Gasteiger charge is -2.02. The van der Waals surface area contributed by atoms with Crippen LogP contribution in [0.1, 0.15) is 15.9 Å². The van der Waals surface area contributed by atoms with Crippen molar-refractivity contribution in [2.24, 2.45) is 10.2 Å². The smallest absolute Gasteiger partial charge is 0.294 e. The fourth-order valence-corrected chi connectivity index (χ4v) is 2.31. The second kappa shape index (κ2) is 6.33. The van der Waals surface area contributed by atoms with Crippen molar-refractivity contribution in [3.63, 3.8) is 0 Å². The molecule has 2 rings (SSSR count). The molecule has 0 radical (unpaired) electrons. The number of carbonyl (C=O) groups excluding carboxylic acids is 1. The van der Waals surface area contributed by atoms with Gasteiger partial charge < -0.3 is 0 Å². The monoisotopic (exact) mass is 305 g/mol. The average Bonchev–Trinajstić information content (AvgIpc) is 2.47. The van der Waals surface area contributed by atoms with Gasteiger partial charge in [-0.2, -0.15) is 13.5 Å². The fraction of sp³-hybridized carbons (Fsp3) is 0.0769. The number of pyridine rings is 1. The van der Waals surface area contributed by atoms with Crippen molar-refractivity contribution in [2.75, 3.05) is 0 Å². The van der Waals surface area contributed by atoms with Crippen LogP contribution in [0.15, 0.2) is 57.7 Å². The highest BCUT2D eigenvalue weighted by Gasteiger charge is 2.13. The summed E-state index contributed by atoms with van der Waals surface area (Å²) < 4.78 is 31.5. The van der Waals surface area contributed by atoms with Crippen molar-refractivity contribution in [1.82, 2.24) is 4.98 Å². The minimum atomic E-state index is -4.29. The van der Waals surface area contributed by atoms with E-state index in [1.54, 1.807) is 12.1 Å². The van der Waals surface area contributed by atoms with Crippen molar-refractivity contribution in [1.29, 1.82) is 0 Å². The largest absolute Gasteiger partial charge is 0.298 e. The number of aromatic nitrogens is 1. The van der Waals surface area contributed by atoms with Gasteiger partial charge in [0.15, 0.2) is 12.1 Å². The molecule has 0 aliphatic rings. The number of benzene rings is 1. The van der Waals surface area contributed by atoms with Crippen LogP contribution < -0.4 is 0 Å². The zero-order chi connectivity index (χ0) is 15.3. The fourth-order valence-electron chi connectivity index (χ4n) is 1.60. The first-order valence-corrected chi connectivity index (χ1v) is 7.29. The number of rotatable bonds is 5. The van der Waals surface area contributed by atoms with Crippen LogP contribution in [0, 0.1) is 0 Å². The van der Waals surface area contributed by atoms with Crippen LogP contribution in [0.5, 0.6) is 0 Å². The predicted molar refractivity (Wildman–Crippen MR) is 74.1 cm³/mol. The summed E-state index contributed by atoms with van der Waals surface area (Å²) in [6.45, 7) is -0.0208. The molecule has 0 aliphatic heterocycles. The molecule has 1 aromatic heterocycles. The molecule has 7 nitrogen and oxygen atoms in total. The number of hydrogen-bond donors (Lipinski definition) is 1. The normalized spacial score (nSPS) is 11.7. The molecule has 0 unspecified atom stereocenters. The third-order valence-electron chi connectivity index (χ3n) is 2.57. The van der Waals surface area contributed by atoms with Gasteiger partial charge in [-0.15, -0.1) is 5.11 Å². The summed E-state index contributed by atoms with van der Waals surface area (Å²) in [5.74, 6) is 0.296. The zero-order valence-corrected chi connectivity index (χ0v) is 11.6. The van der Waals surface area contributed by atoms with Gasteiger partial charge in [0.2, 0.25) is 0 Å². The highest BCUT2D eigenvalue weighted by molar-refractivity contribution is 7.85. The summed E-state index contributed by atoms with van der Waals surface area (Å²) in [5, 5.41) is 7.66. The number of azo groups is 1. The lowest BCUT2D eigenvalue weighted by Crippen LogP contribution is -2.02. The van der Waals surface area contributed by atoms with E-state index in [1.165, 1.54) is 30.5 Å². The van der Waals surface area contributed by atoms with Gasteiger partial charge in [0.25, 0.3) is 10.1 Å². The molecule has 1 heterocycles. The standard InChI is InChI=1S/C13H11N3O4S/c17-9-10-5-6-13(14-7-10)16-15-8-11-3-1-2-4-12(11)21(18,19)20/h1-7,9H,8H2,(H,18,19,20). The van der Waals surface area contributed by atoms with E-state index >= 15 is 0 Å². The summed E-state index contributed by atoms with van der Waals surface area (Å²) in [6.07, 6.45) is 2.02. The second-order valence-electron chi connectivity index (χ2n) is 4.05. The van der Waals surface area contributed by atoms with Crippen LogP contribution >= 0.6 is 0 Å². The van der Waals surface area contributed by atoms with Gasteiger partial charge in [0.1, 0.15) is 0 Å². The van der Waals surface area contributed by atoms with Gasteiger partial charge in [0.05, 0.1) is 11.4 Å². The third kappa shape index (κ3) is 4.01. The van der Waals surface area contributed by atoms with Gasteiger partial charge >= 0.3 is 0 Å². The molecule has 0 bridgehead atoms. The summed E-state index contributed by atoms with van der Waals surface area (Å²) in [4.78, 5) is 14.2. The molecule has 1 aromatic carbocycles. The van der Waals surface area contributed by atoms with Crippen LogP contribution in [0.2, 0.25) is 0 Å².